The summed E-state index contributed by atoms with van der Waals surface area (Å²) < 4.78 is 0. The highest BCUT2D eigenvalue weighted by Gasteiger charge is 2.50. The molecule has 4 aliphatic carbocycles. The van der Waals surface area contributed by atoms with E-state index in [1.807, 2.05) is 0 Å². The first kappa shape index (κ1) is 28.1. The largest absolute Gasteiger partial charge is 0.354 e. The summed E-state index contributed by atoms with van der Waals surface area (Å²) in [6, 6.07) is 1.03. The van der Waals surface area contributed by atoms with Crippen LogP contribution in [-0.4, -0.2) is 71.4 Å². The topological polar surface area (TPSA) is 69.5 Å². The number of hydrogen-bond acceptors (Lipinski definition) is 2. The van der Waals surface area contributed by atoms with Crippen molar-refractivity contribution in [3.63, 3.8) is 0 Å². The standard InChI is InChI=1S/C32H58N6/c1-3-5-6-7-9-15-38-29(11-4-2)24-36(31(38)34)14-10-8-12-28-23-35-30(33)37(28)16-13-32-20-25-17-26(21-32)19-27(18-25)22-32/h25-29,34H,3-24H2,1-2H3,(H2,33,35)/t25?,26?,27?,28-,29-,32?/m0/s1. The minimum Gasteiger partial charge on any atom is -0.354 e. The second-order valence-corrected chi connectivity index (χ2v) is 14.1. The van der Waals surface area contributed by atoms with Crippen LogP contribution in [0.5, 0.6) is 0 Å². The third kappa shape index (κ3) is 6.46. The molecule has 2 saturated heterocycles. The Hall–Kier alpha value is -1.46. The van der Waals surface area contributed by atoms with Gasteiger partial charge in [-0.25, -0.2) is 0 Å². The van der Waals surface area contributed by atoms with E-state index in [1.54, 1.807) is 0 Å². The van der Waals surface area contributed by atoms with Crippen LogP contribution in [0, 0.1) is 34.0 Å². The molecule has 6 heteroatoms. The zero-order valence-corrected chi connectivity index (χ0v) is 24.8. The summed E-state index contributed by atoms with van der Waals surface area (Å²) >= 11 is 0. The Labute approximate surface area is 233 Å². The van der Waals surface area contributed by atoms with Crippen LogP contribution in [0.2, 0.25) is 0 Å². The smallest absolute Gasteiger partial charge is 0.194 e. The molecular formula is C32H58N6. The van der Waals surface area contributed by atoms with Crippen molar-refractivity contribution in [2.75, 3.05) is 32.7 Å². The van der Waals surface area contributed by atoms with Gasteiger partial charge in [0.05, 0.1) is 0 Å². The summed E-state index contributed by atoms with van der Waals surface area (Å²) in [5.41, 5.74) is 0.606. The van der Waals surface area contributed by atoms with Gasteiger partial charge in [-0.2, -0.15) is 0 Å². The molecular weight excluding hydrogens is 468 g/mol. The molecule has 0 aromatic carbocycles. The summed E-state index contributed by atoms with van der Waals surface area (Å²) in [5, 5.41) is 20.8. The minimum atomic E-state index is 0.488. The maximum Gasteiger partial charge on any atom is 0.194 e. The fourth-order valence-electron chi connectivity index (χ4n) is 9.54. The van der Waals surface area contributed by atoms with Crippen molar-refractivity contribution < 1.29 is 0 Å². The molecule has 6 nitrogen and oxygen atoms in total. The second kappa shape index (κ2) is 12.8. The summed E-state index contributed by atoms with van der Waals surface area (Å²) in [6.07, 6.45) is 22.8. The molecule has 4 bridgehead atoms. The highest BCUT2D eigenvalue weighted by atomic mass is 15.4. The molecule has 3 N–H and O–H groups in total. The summed E-state index contributed by atoms with van der Waals surface area (Å²) in [6.45, 7) is 9.74. The van der Waals surface area contributed by atoms with E-state index in [4.69, 9.17) is 10.8 Å². The van der Waals surface area contributed by atoms with E-state index >= 15 is 0 Å². The SMILES string of the molecule is CCCCCCCN1C(=N)N(CCCC[C@H]2CNC(=N)N2CCC23CC4CC(CC(C4)C2)C3)C[C@@H]1CCC. The highest BCUT2D eigenvalue weighted by molar-refractivity contribution is 5.80. The molecule has 0 spiro atoms. The number of nitrogens with one attached hydrogen (secondary N) is 3. The van der Waals surface area contributed by atoms with E-state index in [-0.39, 0.29) is 0 Å². The zero-order valence-electron chi connectivity index (χ0n) is 24.8. The quantitative estimate of drug-likeness (QED) is 0.197. The van der Waals surface area contributed by atoms with Gasteiger partial charge in [0.1, 0.15) is 0 Å². The molecule has 38 heavy (non-hydrogen) atoms. The Balaban J connectivity index is 1.04. The molecule has 6 rings (SSSR count). The van der Waals surface area contributed by atoms with E-state index in [1.165, 1.54) is 103 Å². The van der Waals surface area contributed by atoms with Gasteiger partial charge in [0, 0.05) is 44.8 Å². The molecule has 0 unspecified atom stereocenters. The van der Waals surface area contributed by atoms with Gasteiger partial charge >= 0.3 is 0 Å². The predicted molar refractivity (Wildman–Crippen MR) is 159 cm³/mol. The first-order valence-electron chi connectivity index (χ1n) is 16.7. The normalized spacial score (nSPS) is 34.2. The molecule has 0 amide bonds. The second-order valence-electron chi connectivity index (χ2n) is 14.1. The average molecular weight is 527 g/mol. The van der Waals surface area contributed by atoms with Gasteiger partial charge in [0.25, 0.3) is 0 Å². The van der Waals surface area contributed by atoms with E-state index in [2.05, 4.69) is 33.9 Å². The Morgan fingerprint density at radius 1 is 0.737 bits per heavy atom. The third-order valence-electron chi connectivity index (χ3n) is 11.1. The summed E-state index contributed by atoms with van der Waals surface area (Å²) in [5.74, 6) is 4.53. The predicted octanol–water partition coefficient (Wildman–Crippen LogP) is 6.66. The van der Waals surface area contributed by atoms with Crippen molar-refractivity contribution >= 4 is 11.9 Å². The Morgan fingerprint density at radius 3 is 2.11 bits per heavy atom. The lowest BCUT2D eigenvalue weighted by molar-refractivity contribution is -0.0596. The Bertz CT molecular complexity index is 760. The number of guanidine groups is 2. The van der Waals surface area contributed by atoms with Crippen LogP contribution in [0.15, 0.2) is 0 Å². The van der Waals surface area contributed by atoms with Gasteiger partial charge < -0.3 is 20.0 Å². The van der Waals surface area contributed by atoms with Crippen LogP contribution in [-0.2, 0) is 0 Å². The maximum atomic E-state index is 8.88. The van der Waals surface area contributed by atoms with Crippen LogP contribution in [0.4, 0.5) is 0 Å². The van der Waals surface area contributed by atoms with Crippen molar-refractivity contribution in [1.29, 1.82) is 10.8 Å². The molecule has 2 atom stereocenters. The maximum absolute atomic E-state index is 8.88. The monoisotopic (exact) mass is 526 g/mol. The van der Waals surface area contributed by atoms with Gasteiger partial charge in [0.2, 0.25) is 0 Å². The van der Waals surface area contributed by atoms with E-state index in [0.29, 0.717) is 23.5 Å². The number of nitrogens with zero attached hydrogens (tertiary/aromatic N) is 3. The van der Waals surface area contributed by atoms with Crippen molar-refractivity contribution in [3.8, 4) is 0 Å². The molecule has 0 aromatic heterocycles. The van der Waals surface area contributed by atoms with Gasteiger partial charge in [0.15, 0.2) is 11.9 Å². The van der Waals surface area contributed by atoms with Gasteiger partial charge in [-0.15, -0.1) is 0 Å². The first-order valence-corrected chi connectivity index (χ1v) is 16.7. The molecule has 6 fully saturated rings. The van der Waals surface area contributed by atoms with Crippen LogP contribution < -0.4 is 5.32 Å². The summed E-state index contributed by atoms with van der Waals surface area (Å²) in [7, 11) is 0. The lowest BCUT2D eigenvalue weighted by Gasteiger charge is -2.57. The average Bonchev–Trinajstić information content (AvgIpc) is 3.38. The van der Waals surface area contributed by atoms with Gasteiger partial charge in [-0.1, -0.05) is 46.0 Å². The zero-order chi connectivity index (χ0) is 26.5. The van der Waals surface area contributed by atoms with E-state index in [9.17, 15) is 0 Å². The van der Waals surface area contributed by atoms with Crippen molar-refractivity contribution in [2.45, 2.75) is 135 Å². The lowest BCUT2D eigenvalue weighted by Crippen LogP contribution is -2.48. The molecule has 4 saturated carbocycles. The fraction of sp³-hybridized carbons (Fsp3) is 0.938. The molecule has 2 heterocycles. The van der Waals surface area contributed by atoms with Crippen LogP contribution in [0.3, 0.4) is 0 Å². The number of hydrogen-bond donors (Lipinski definition) is 3. The Morgan fingerprint density at radius 2 is 1.42 bits per heavy atom. The van der Waals surface area contributed by atoms with Crippen molar-refractivity contribution in [2.24, 2.45) is 23.2 Å². The fourth-order valence-corrected chi connectivity index (χ4v) is 9.54. The van der Waals surface area contributed by atoms with E-state index in [0.717, 1.165) is 62.9 Å². The third-order valence-corrected chi connectivity index (χ3v) is 11.1. The minimum absolute atomic E-state index is 0.488. The lowest BCUT2D eigenvalue weighted by atomic mass is 9.49. The van der Waals surface area contributed by atoms with Crippen molar-refractivity contribution in [3.05, 3.63) is 0 Å². The molecule has 6 aliphatic rings. The summed E-state index contributed by atoms with van der Waals surface area (Å²) in [4.78, 5) is 7.21. The van der Waals surface area contributed by atoms with Gasteiger partial charge in [-0.05, 0) is 100 Å². The molecule has 2 aliphatic heterocycles. The molecule has 0 aromatic rings. The van der Waals surface area contributed by atoms with Crippen LogP contribution in [0.1, 0.15) is 123 Å². The van der Waals surface area contributed by atoms with Crippen LogP contribution in [0.25, 0.3) is 0 Å². The first-order chi connectivity index (χ1) is 18.5. The number of unbranched alkanes of at least 4 members (excludes halogenated alkanes) is 5. The van der Waals surface area contributed by atoms with Crippen molar-refractivity contribution in [1.82, 2.24) is 20.0 Å². The highest BCUT2D eigenvalue weighted by Crippen LogP contribution is 2.61. The molecule has 0 radical (unpaired) electrons. The van der Waals surface area contributed by atoms with Gasteiger partial charge in [-0.3, -0.25) is 10.8 Å². The van der Waals surface area contributed by atoms with E-state index < -0.39 is 0 Å². The van der Waals surface area contributed by atoms with Crippen LogP contribution >= 0.6 is 0 Å². The Kier molecular flexibility index (Phi) is 9.46. The molecule has 216 valence electrons. The number of rotatable bonds is 16.